The molecule has 0 spiro atoms. The molecule has 7 nitrogen and oxygen atoms in total. The van der Waals surface area contributed by atoms with Crippen molar-refractivity contribution in [3.63, 3.8) is 0 Å². The third-order valence-electron chi connectivity index (χ3n) is 3.81. The molecule has 2 heterocycles. The lowest BCUT2D eigenvalue weighted by atomic mass is 10.2. The molecule has 2 aromatic rings. The average Bonchev–Trinajstić information content (AvgIpc) is 2.96. The monoisotopic (exact) mass is 526 g/mol. The van der Waals surface area contributed by atoms with Gasteiger partial charge in [-0.05, 0) is 38.0 Å². The van der Waals surface area contributed by atoms with Crippen LogP contribution in [0.2, 0.25) is 0 Å². The van der Waals surface area contributed by atoms with E-state index in [9.17, 15) is 13.2 Å². The third-order valence-corrected chi connectivity index (χ3v) is 3.81. The van der Waals surface area contributed by atoms with Gasteiger partial charge in [0.15, 0.2) is 12.6 Å². The second kappa shape index (κ2) is 11.8. The Balaban J connectivity index is 0.00000420. The Morgan fingerprint density at radius 2 is 2.00 bits per heavy atom. The first-order valence-corrected chi connectivity index (χ1v) is 8.87. The standard InChI is InChI=1S/C18H25F3N6O.HI/c1-13-9-14(2)27(26-13)8-4-6-24-17(22-3)25-11-15-5-7-23-16(10-15)28-12-18(19,20)21;/h5,7,9-10H,4,6,8,11-12H2,1-3H3,(H2,22,24,25);1H. The van der Waals surface area contributed by atoms with E-state index in [1.165, 1.54) is 12.3 Å². The summed E-state index contributed by atoms with van der Waals surface area (Å²) in [5.74, 6) is 0.535. The number of nitrogens with one attached hydrogen (secondary N) is 2. The maximum Gasteiger partial charge on any atom is 0.422 e. The highest BCUT2D eigenvalue weighted by Gasteiger charge is 2.28. The van der Waals surface area contributed by atoms with Crippen molar-refractivity contribution in [1.82, 2.24) is 25.4 Å². The van der Waals surface area contributed by atoms with Crippen LogP contribution in [-0.2, 0) is 13.1 Å². The SMILES string of the molecule is CN=C(NCCCn1nc(C)cc1C)NCc1ccnc(OCC(F)(F)F)c1.I. The van der Waals surface area contributed by atoms with E-state index in [1.807, 2.05) is 24.6 Å². The van der Waals surface area contributed by atoms with Gasteiger partial charge in [-0.15, -0.1) is 24.0 Å². The molecule has 0 unspecified atom stereocenters. The first kappa shape index (κ1) is 25.0. The number of hydrogen-bond donors (Lipinski definition) is 2. The van der Waals surface area contributed by atoms with Gasteiger partial charge in [-0.1, -0.05) is 0 Å². The summed E-state index contributed by atoms with van der Waals surface area (Å²) in [7, 11) is 1.65. The van der Waals surface area contributed by atoms with Gasteiger partial charge in [0.05, 0.1) is 5.69 Å². The van der Waals surface area contributed by atoms with Gasteiger partial charge in [0, 0.05) is 44.6 Å². The fourth-order valence-electron chi connectivity index (χ4n) is 2.54. The number of pyridine rings is 1. The van der Waals surface area contributed by atoms with Crippen LogP contribution >= 0.6 is 24.0 Å². The van der Waals surface area contributed by atoms with Gasteiger partial charge >= 0.3 is 6.18 Å². The number of alkyl halides is 3. The minimum absolute atomic E-state index is 0. The molecule has 0 aliphatic rings. The van der Waals surface area contributed by atoms with Crippen LogP contribution in [0.1, 0.15) is 23.4 Å². The molecule has 29 heavy (non-hydrogen) atoms. The maximum absolute atomic E-state index is 12.2. The zero-order valence-electron chi connectivity index (χ0n) is 16.6. The van der Waals surface area contributed by atoms with E-state index < -0.39 is 12.8 Å². The minimum atomic E-state index is -4.39. The Morgan fingerprint density at radius 1 is 1.24 bits per heavy atom. The molecule has 162 valence electrons. The topological polar surface area (TPSA) is 76.4 Å². The minimum Gasteiger partial charge on any atom is -0.468 e. The number of aryl methyl sites for hydroxylation is 3. The van der Waals surface area contributed by atoms with E-state index >= 15 is 0 Å². The second-order valence-electron chi connectivity index (χ2n) is 6.26. The first-order valence-electron chi connectivity index (χ1n) is 8.87. The van der Waals surface area contributed by atoms with Crippen molar-refractivity contribution in [2.45, 2.75) is 39.5 Å². The molecule has 11 heteroatoms. The van der Waals surface area contributed by atoms with Gasteiger partial charge in [0.1, 0.15) is 0 Å². The molecule has 0 bridgehead atoms. The Morgan fingerprint density at radius 3 is 2.62 bits per heavy atom. The normalized spacial score (nSPS) is 11.7. The highest BCUT2D eigenvalue weighted by molar-refractivity contribution is 14.0. The van der Waals surface area contributed by atoms with Crippen molar-refractivity contribution in [2.75, 3.05) is 20.2 Å². The van der Waals surface area contributed by atoms with Crippen molar-refractivity contribution < 1.29 is 17.9 Å². The number of hydrogen-bond acceptors (Lipinski definition) is 4. The predicted molar refractivity (Wildman–Crippen MR) is 116 cm³/mol. The van der Waals surface area contributed by atoms with E-state index in [0.717, 1.165) is 29.9 Å². The van der Waals surface area contributed by atoms with Crippen molar-refractivity contribution in [3.8, 4) is 5.88 Å². The number of aliphatic imine (C=N–C) groups is 1. The van der Waals surface area contributed by atoms with Crippen LogP contribution in [0.25, 0.3) is 0 Å². The van der Waals surface area contributed by atoms with Gasteiger partial charge in [0.2, 0.25) is 5.88 Å². The highest BCUT2D eigenvalue weighted by Crippen LogP contribution is 2.17. The van der Waals surface area contributed by atoms with Crippen molar-refractivity contribution in [1.29, 1.82) is 0 Å². The number of guanidine groups is 1. The maximum atomic E-state index is 12.2. The lowest BCUT2D eigenvalue weighted by molar-refractivity contribution is -0.154. The number of halogens is 4. The van der Waals surface area contributed by atoms with E-state index in [1.54, 1.807) is 13.1 Å². The molecule has 0 aromatic carbocycles. The molecular weight excluding hydrogens is 500 g/mol. The Labute approximate surface area is 185 Å². The van der Waals surface area contributed by atoms with Gasteiger partial charge in [-0.25, -0.2) is 4.98 Å². The summed E-state index contributed by atoms with van der Waals surface area (Å²) in [6.45, 7) is 4.50. The van der Waals surface area contributed by atoms with Crippen LogP contribution in [0.5, 0.6) is 5.88 Å². The molecule has 0 aliphatic carbocycles. The van der Waals surface area contributed by atoms with Crippen LogP contribution in [-0.4, -0.2) is 47.1 Å². The number of ether oxygens (including phenoxy) is 1. The lowest BCUT2D eigenvalue weighted by Gasteiger charge is -2.13. The summed E-state index contributed by atoms with van der Waals surface area (Å²) >= 11 is 0. The van der Waals surface area contributed by atoms with E-state index in [4.69, 9.17) is 0 Å². The number of nitrogens with zero attached hydrogens (tertiary/aromatic N) is 4. The molecule has 0 amide bonds. The zero-order chi connectivity index (χ0) is 20.6. The summed E-state index contributed by atoms with van der Waals surface area (Å²) in [6, 6.07) is 5.20. The van der Waals surface area contributed by atoms with E-state index in [2.05, 4.69) is 30.4 Å². The largest absolute Gasteiger partial charge is 0.468 e. The van der Waals surface area contributed by atoms with Gasteiger partial charge in [-0.2, -0.15) is 18.3 Å². The Hall–Kier alpha value is -2.05. The Kier molecular flexibility index (Phi) is 10.2. The summed E-state index contributed by atoms with van der Waals surface area (Å²) in [5, 5.41) is 10.7. The van der Waals surface area contributed by atoms with Gasteiger partial charge in [0.25, 0.3) is 0 Å². The average molecular weight is 526 g/mol. The highest BCUT2D eigenvalue weighted by atomic mass is 127. The van der Waals surface area contributed by atoms with E-state index in [-0.39, 0.29) is 29.9 Å². The van der Waals surface area contributed by atoms with Crippen molar-refractivity contribution in [3.05, 3.63) is 41.3 Å². The first-order chi connectivity index (χ1) is 13.3. The quantitative estimate of drug-likeness (QED) is 0.239. The van der Waals surface area contributed by atoms with Crippen LogP contribution in [0.4, 0.5) is 13.2 Å². The molecule has 0 radical (unpaired) electrons. The predicted octanol–water partition coefficient (Wildman–Crippen LogP) is 3.21. The summed E-state index contributed by atoms with van der Waals surface area (Å²) in [6.07, 6.45) is -2.12. The third kappa shape index (κ3) is 9.33. The zero-order valence-corrected chi connectivity index (χ0v) is 18.9. The Bertz CT molecular complexity index is 794. The van der Waals surface area contributed by atoms with Crippen LogP contribution in [0.3, 0.4) is 0 Å². The number of rotatable bonds is 8. The molecule has 2 aromatic heterocycles. The molecule has 0 saturated carbocycles. The molecule has 2 N–H and O–H groups in total. The summed E-state index contributed by atoms with van der Waals surface area (Å²) in [4.78, 5) is 7.92. The van der Waals surface area contributed by atoms with Gasteiger partial charge < -0.3 is 15.4 Å². The molecule has 0 atom stereocenters. The smallest absolute Gasteiger partial charge is 0.422 e. The van der Waals surface area contributed by atoms with E-state index in [0.29, 0.717) is 19.0 Å². The van der Waals surface area contributed by atoms with Crippen LogP contribution in [0, 0.1) is 13.8 Å². The molecule has 0 aliphatic heterocycles. The lowest BCUT2D eigenvalue weighted by Crippen LogP contribution is -2.37. The number of aromatic nitrogens is 3. The molecule has 2 rings (SSSR count). The van der Waals surface area contributed by atoms with Gasteiger partial charge in [-0.3, -0.25) is 9.67 Å². The fourth-order valence-corrected chi connectivity index (χ4v) is 2.54. The summed E-state index contributed by atoms with van der Waals surface area (Å²) in [5.41, 5.74) is 2.86. The van der Waals surface area contributed by atoms with Crippen LogP contribution < -0.4 is 15.4 Å². The molecule has 0 fully saturated rings. The van der Waals surface area contributed by atoms with Crippen molar-refractivity contribution >= 4 is 29.9 Å². The second-order valence-corrected chi connectivity index (χ2v) is 6.26. The molecular formula is C18H26F3IN6O. The van der Waals surface area contributed by atoms with Crippen molar-refractivity contribution in [2.24, 2.45) is 4.99 Å². The molecule has 0 saturated heterocycles. The fraction of sp³-hybridized carbons (Fsp3) is 0.500. The van der Waals surface area contributed by atoms with Crippen LogP contribution in [0.15, 0.2) is 29.4 Å². The summed E-state index contributed by atoms with van der Waals surface area (Å²) < 4.78 is 43.3.